The third-order valence-corrected chi connectivity index (χ3v) is 4.61. The van der Waals surface area contributed by atoms with Crippen molar-refractivity contribution in [2.45, 2.75) is 13.5 Å². The second kappa shape index (κ2) is 7.50. The molecule has 0 atom stereocenters. The maximum atomic E-state index is 13.5. The zero-order chi connectivity index (χ0) is 21.4. The van der Waals surface area contributed by atoms with Gasteiger partial charge in [0.25, 0.3) is 0 Å². The second-order valence-corrected chi connectivity index (χ2v) is 6.90. The molecule has 7 nitrogen and oxygen atoms in total. The Morgan fingerprint density at radius 1 is 1.10 bits per heavy atom. The fourth-order valence-electron chi connectivity index (χ4n) is 3.24. The Kier molecular flexibility index (Phi) is 4.52. The topological polar surface area (TPSA) is 83.8 Å². The molecule has 4 aromatic heterocycles. The summed E-state index contributed by atoms with van der Waals surface area (Å²) >= 11 is 0. The van der Waals surface area contributed by atoms with Crippen LogP contribution in [0.3, 0.4) is 0 Å². The molecule has 0 bridgehead atoms. The lowest BCUT2D eigenvalue weighted by atomic mass is 10.1. The van der Waals surface area contributed by atoms with Crippen LogP contribution in [-0.2, 0) is 6.54 Å². The summed E-state index contributed by atoms with van der Waals surface area (Å²) in [6.07, 6.45) is 3.19. The van der Waals surface area contributed by atoms with E-state index in [-0.39, 0.29) is 6.54 Å². The van der Waals surface area contributed by atoms with Crippen molar-refractivity contribution >= 4 is 11.3 Å². The zero-order valence-electron chi connectivity index (χ0n) is 16.3. The van der Waals surface area contributed by atoms with Crippen LogP contribution in [0.15, 0.2) is 48.9 Å². The fraction of sp³-hybridized carbons (Fsp3) is 0.0909. The van der Waals surface area contributed by atoms with Crippen LogP contribution in [0.1, 0.15) is 11.5 Å². The van der Waals surface area contributed by atoms with E-state index >= 15 is 0 Å². The molecule has 31 heavy (non-hydrogen) atoms. The Bertz CT molecular complexity index is 1370. The van der Waals surface area contributed by atoms with Gasteiger partial charge in [0.1, 0.15) is 29.5 Å². The lowest BCUT2D eigenvalue weighted by molar-refractivity contribution is 0.584. The molecule has 5 rings (SSSR count). The van der Waals surface area contributed by atoms with Gasteiger partial charge in [-0.3, -0.25) is 4.98 Å². The molecule has 4 heterocycles. The second-order valence-electron chi connectivity index (χ2n) is 6.90. The number of benzene rings is 1. The fourth-order valence-corrected chi connectivity index (χ4v) is 3.24. The van der Waals surface area contributed by atoms with E-state index in [9.17, 15) is 8.78 Å². The molecule has 0 unspecified atom stereocenters. The number of fused-ring (bicyclic) bond motifs is 1. The van der Waals surface area contributed by atoms with Crippen LogP contribution in [0.5, 0.6) is 0 Å². The van der Waals surface area contributed by atoms with Crippen molar-refractivity contribution in [3.63, 3.8) is 0 Å². The molecule has 0 radical (unpaired) electrons. The molecule has 0 spiro atoms. The Hall–Kier alpha value is -4.32. The molecule has 152 valence electrons. The molecule has 0 aliphatic heterocycles. The first-order chi connectivity index (χ1) is 15.0. The molecule has 0 saturated heterocycles. The van der Waals surface area contributed by atoms with Gasteiger partial charge in [0.15, 0.2) is 0 Å². The number of H-pyrrole nitrogens is 1. The van der Waals surface area contributed by atoms with Gasteiger partial charge in [-0.1, -0.05) is 12.1 Å². The van der Waals surface area contributed by atoms with Crippen LogP contribution in [0.2, 0.25) is 0 Å². The van der Waals surface area contributed by atoms with E-state index in [4.69, 9.17) is 0 Å². The molecule has 0 aliphatic rings. The van der Waals surface area contributed by atoms with E-state index in [1.807, 2.05) is 25.1 Å². The number of anilines is 1. The molecule has 1 aromatic carbocycles. The van der Waals surface area contributed by atoms with Crippen molar-refractivity contribution in [3.8, 4) is 22.6 Å². The van der Waals surface area contributed by atoms with Crippen LogP contribution in [0.25, 0.3) is 28.3 Å². The maximum Gasteiger partial charge on any atom is 0.208 e. The van der Waals surface area contributed by atoms with Gasteiger partial charge in [0.05, 0.1) is 23.5 Å². The summed E-state index contributed by atoms with van der Waals surface area (Å²) < 4.78 is 28.5. The predicted octanol–water partition coefficient (Wildman–Crippen LogP) is 3.98. The number of nitrogens with one attached hydrogen (secondary N) is 2. The van der Waals surface area contributed by atoms with E-state index in [1.54, 1.807) is 10.7 Å². The number of rotatable bonds is 5. The van der Waals surface area contributed by atoms with E-state index < -0.39 is 11.6 Å². The Morgan fingerprint density at radius 2 is 1.94 bits per heavy atom. The van der Waals surface area contributed by atoms with Crippen molar-refractivity contribution in [1.29, 1.82) is 0 Å². The Labute approximate surface area is 175 Å². The predicted molar refractivity (Wildman–Crippen MR) is 110 cm³/mol. The number of aromatic amines is 1. The Morgan fingerprint density at radius 3 is 2.74 bits per heavy atom. The molecular formula is C22H15F2N7. The van der Waals surface area contributed by atoms with Crippen LogP contribution in [0.4, 0.5) is 14.5 Å². The van der Waals surface area contributed by atoms with Crippen LogP contribution in [-0.4, -0.2) is 29.5 Å². The molecular weight excluding hydrogens is 400 g/mol. The SMILES string of the molecule is Cc1cccc(-c2[nH]c(CNc3cc(F)cc(F)c3)nc2-c2c#cc3ncnn3c2)n1. The number of imidazole rings is 1. The van der Waals surface area contributed by atoms with Gasteiger partial charge in [0, 0.05) is 23.6 Å². The smallest absolute Gasteiger partial charge is 0.208 e. The van der Waals surface area contributed by atoms with Crippen molar-refractivity contribution in [2.75, 3.05) is 5.32 Å². The van der Waals surface area contributed by atoms with E-state index in [0.29, 0.717) is 39.8 Å². The first-order valence-corrected chi connectivity index (χ1v) is 9.42. The number of nitrogens with zero attached hydrogens (tertiary/aromatic N) is 5. The average molecular weight is 415 g/mol. The zero-order valence-corrected chi connectivity index (χ0v) is 16.3. The average Bonchev–Trinajstić information content (AvgIpc) is 3.38. The minimum Gasteiger partial charge on any atom is -0.378 e. The maximum absolute atomic E-state index is 13.5. The number of hydrogen-bond donors (Lipinski definition) is 2. The van der Waals surface area contributed by atoms with Gasteiger partial charge < -0.3 is 10.3 Å². The number of aromatic nitrogens is 6. The van der Waals surface area contributed by atoms with Gasteiger partial charge in [-0.25, -0.2) is 23.3 Å². The van der Waals surface area contributed by atoms with E-state index in [1.165, 1.54) is 18.5 Å². The normalized spacial score (nSPS) is 10.9. The number of aryl methyl sites for hydroxylation is 1. The van der Waals surface area contributed by atoms with Gasteiger partial charge in [-0.2, -0.15) is 5.10 Å². The lowest BCUT2D eigenvalue weighted by Crippen LogP contribution is -2.02. The van der Waals surface area contributed by atoms with Gasteiger partial charge in [-0.15, -0.1) is 0 Å². The summed E-state index contributed by atoms with van der Waals surface area (Å²) in [7, 11) is 0. The van der Waals surface area contributed by atoms with Crippen molar-refractivity contribution in [3.05, 3.63) is 84.2 Å². The highest BCUT2D eigenvalue weighted by Crippen LogP contribution is 2.28. The number of pyridine rings is 1. The molecule has 0 saturated carbocycles. The molecule has 0 fully saturated rings. The third-order valence-electron chi connectivity index (χ3n) is 4.61. The monoisotopic (exact) mass is 415 g/mol. The van der Waals surface area contributed by atoms with E-state index in [2.05, 4.69) is 42.5 Å². The third kappa shape index (κ3) is 3.79. The highest BCUT2D eigenvalue weighted by atomic mass is 19.1. The molecule has 9 heteroatoms. The largest absolute Gasteiger partial charge is 0.378 e. The summed E-state index contributed by atoms with van der Waals surface area (Å²) in [4.78, 5) is 16.6. The molecule has 0 aliphatic carbocycles. The molecule has 5 aromatic rings. The summed E-state index contributed by atoms with van der Waals surface area (Å²) in [6.45, 7) is 2.12. The van der Waals surface area contributed by atoms with Crippen LogP contribution < -0.4 is 5.32 Å². The van der Waals surface area contributed by atoms with Crippen LogP contribution in [0, 0.1) is 30.7 Å². The summed E-state index contributed by atoms with van der Waals surface area (Å²) in [6, 6.07) is 15.0. The minimum atomic E-state index is -0.654. The summed E-state index contributed by atoms with van der Waals surface area (Å²) in [5, 5.41) is 7.12. The first-order valence-electron chi connectivity index (χ1n) is 9.42. The van der Waals surface area contributed by atoms with Crippen molar-refractivity contribution in [2.24, 2.45) is 0 Å². The van der Waals surface area contributed by atoms with E-state index in [0.717, 1.165) is 11.8 Å². The van der Waals surface area contributed by atoms with Gasteiger partial charge in [-0.05, 0) is 37.3 Å². The molecule has 0 amide bonds. The van der Waals surface area contributed by atoms with Crippen molar-refractivity contribution < 1.29 is 8.78 Å². The first kappa shape index (κ1) is 18.7. The number of hydrogen-bond acceptors (Lipinski definition) is 5. The quantitative estimate of drug-likeness (QED) is 0.454. The van der Waals surface area contributed by atoms with Gasteiger partial charge >= 0.3 is 0 Å². The lowest BCUT2D eigenvalue weighted by Gasteiger charge is -2.04. The highest BCUT2D eigenvalue weighted by molar-refractivity contribution is 5.76. The standard InChI is InChI=1S/C22H15F2N7/c1-13-3-2-4-18(28-13)22-21(14-5-6-20-26-12-27-31(20)11-14)29-19(30-22)10-25-17-8-15(23)7-16(24)9-17/h2-4,7-9,11-12,25H,10H2,1H3,(H,29,30). The van der Waals surface area contributed by atoms with Crippen LogP contribution >= 0.6 is 0 Å². The minimum absolute atomic E-state index is 0.219. The van der Waals surface area contributed by atoms with Gasteiger partial charge in [0.2, 0.25) is 5.65 Å². The summed E-state index contributed by atoms with van der Waals surface area (Å²) in [5.74, 6) is -0.748. The molecule has 2 N–H and O–H groups in total. The Balaban J connectivity index is 1.54. The van der Waals surface area contributed by atoms with Crippen molar-refractivity contribution in [1.82, 2.24) is 29.5 Å². The number of halogens is 2. The highest BCUT2D eigenvalue weighted by Gasteiger charge is 2.16. The summed E-state index contributed by atoms with van der Waals surface area (Å²) in [5.41, 5.74) is 4.37.